The highest BCUT2D eigenvalue weighted by molar-refractivity contribution is 9.10. The third-order valence-corrected chi connectivity index (χ3v) is 3.58. The summed E-state index contributed by atoms with van der Waals surface area (Å²) in [5.41, 5.74) is 0.764. The van der Waals surface area contributed by atoms with Crippen LogP contribution in [0, 0.1) is 0 Å². The molecule has 2 aromatic heterocycles. The highest BCUT2D eigenvalue weighted by atomic mass is 79.9. The number of rotatable bonds is 3. The standard InChI is InChI=1S/C13H9BrClN3O/c14-9-4-3-7-18-12(16-17-13(9)18)8-19-11-6-2-1-5-10(11)15/h1-7H,8H2. The van der Waals surface area contributed by atoms with Crippen LogP contribution in [0.25, 0.3) is 5.65 Å². The van der Waals surface area contributed by atoms with Crippen LogP contribution < -0.4 is 4.74 Å². The maximum Gasteiger partial charge on any atom is 0.175 e. The predicted molar refractivity (Wildman–Crippen MR) is 76.5 cm³/mol. The predicted octanol–water partition coefficient (Wildman–Crippen LogP) is 3.72. The summed E-state index contributed by atoms with van der Waals surface area (Å²) in [6, 6.07) is 11.2. The van der Waals surface area contributed by atoms with Crippen molar-refractivity contribution in [1.29, 1.82) is 0 Å². The minimum Gasteiger partial charge on any atom is -0.484 e. The third kappa shape index (κ3) is 2.43. The molecule has 0 saturated carbocycles. The average molecular weight is 339 g/mol. The molecule has 3 rings (SSSR count). The quantitative estimate of drug-likeness (QED) is 0.730. The highest BCUT2D eigenvalue weighted by Gasteiger charge is 2.09. The maximum atomic E-state index is 6.03. The number of pyridine rings is 1. The van der Waals surface area contributed by atoms with E-state index in [1.54, 1.807) is 6.07 Å². The van der Waals surface area contributed by atoms with Crippen molar-refractivity contribution < 1.29 is 4.74 Å². The zero-order chi connectivity index (χ0) is 13.2. The van der Waals surface area contributed by atoms with Crippen molar-refractivity contribution >= 4 is 33.2 Å². The average Bonchev–Trinajstić information content (AvgIpc) is 2.83. The number of nitrogens with zero attached hydrogens (tertiary/aromatic N) is 3. The summed E-state index contributed by atoms with van der Waals surface area (Å²) in [7, 11) is 0. The molecule has 0 radical (unpaired) electrons. The summed E-state index contributed by atoms with van der Waals surface area (Å²) >= 11 is 9.47. The van der Waals surface area contributed by atoms with Gasteiger partial charge in [-0.15, -0.1) is 10.2 Å². The number of hydrogen-bond acceptors (Lipinski definition) is 3. The Labute approximate surface area is 123 Å². The molecule has 19 heavy (non-hydrogen) atoms. The normalized spacial score (nSPS) is 10.8. The van der Waals surface area contributed by atoms with Gasteiger partial charge in [-0.05, 0) is 40.2 Å². The number of hydrogen-bond donors (Lipinski definition) is 0. The molecule has 0 unspecified atom stereocenters. The van der Waals surface area contributed by atoms with Gasteiger partial charge in [0.2, 0.25) is 0 Å². The van der Waals surface area contributed by atoms with E-state index in [0.717, 1.165) is 15.9 Å². The van der Waals surface area contributed by atoms with Crippen LogP contribution in [0.5, 0.6) is 5.75 Å². The van der Waals surface area contributed by atoms with Crippen LogP contribution in [-0.2, 0) is 6.61 Å². The monoisotopic (exact) mass is 337 g/mol. The zero-order valence-electron chi connectivity index (χ0n) is 9.75. The second-order valence-electron chi connectivity index (χ2n) is 3.89. The van der Waals surface area contributed by atoms with E-state index in [9.17, 15) is 0 Å². The van der Waals surface area contributed by atoms with E-state index in [-0.39, 0.29) is 0 Å². The lowest BCUT2D eigenvalue weighted by molar-refractivity contribution is 0.294. The molecular weight excluding hydrogens is 330 g/mol. The fourth-order valence-electron chi connectivity index (χ4n) is 1.73. The van der Waals surface area contributed by atoms with Crippen molar-refractivity contribution in [3.8, 4) is 5.75 Å². The van der Waals surface area contributed by atoms with Crippen LogP contribution in [0.4, 0.5) is 0 Å². The summed E-state index contributed by atoms with van der Waals surface area (Å²) in [4.78, 5) is 0. The Morgan fingerprint density at radius 3 is 2.84 bits per heavy atom. The molecule has 0 fully saturated rings. The molecule has 0 atom stereocenters. The molecule has 3 aromatic rings. The van der Waals surface area contributed by atoms with E-state index in [4.69, 9.17) is 16.3 Å². The molecule has 0 spiro atoms. The Morgan fingerprint density at radius 2 is 2.00 bits per heavy atom. The van der Waals surface area contributed by atoms with Crippen molar-refractivity contribution in [1.82, 2.24) is 14.6 Å². The van der Waals surface area contributed by atoms with Crippen molar-refractivity contribution in [2.45, 2.75) is 6.61 Å². The van der Waals surface area contributed by atoms with Crippen molar-refractivity contribution in [2.75, 3.05) is 0 Å². The molecule has 0 N–H and O–H groups in total. The Morgan fingerprint density at radius 1 is 1.16 bits per heavy atom. The second-order valence-corrected chi connectivity index (χ2v) is 5.15. The molecule has 0 amide bonds. The Kier molecular flexibility index (Phi) is 3.40. The molecule has 0 saturated heterocycles. The molecule has 2 heterocycles. The Balaban J connectivity index is 1.87. The first kappa shape index (κ1) is 12.4. The van der Waals surface area contributed by atoms with Crippen molar-refractivity contribution in [3.63, 3.8) is 0 Å². The molecule has 6 heteroatoms. The van der Waals surface area contributed by atoms with Crippen LogP contribution in [0.1, 0.15) is 5.82 Å². The van der Waals surface area contributed by atoms with Gasteiger partial charge < -0.3 is 4.74 Å². The molecule has 96 valence electrons. The van der Waals surface area contributed by atoms with Gasteiger partial charge in [-0.3, -0.25) is 4.40 Å². The smallest absolute Gasteiger partial charge is 0.175 e. The largest absolute Gasteiger partial charge is 0.484 e. The van der Waals surface area contributed by atoms with Crippen LogP contribution in [-0.4, -0.2) is 14.6 Å². The lowest BCUT2D eigenvalue weighted by Crippen LogP contribution is -2.01. The van der Waals surface area contributed by atoms with Gasteiger partial charge >= 0.3 is 0 Å². The molecule has 0 aliphatic rings. The number of aromatic nitrogens is 3. The summed E-state index contributed by atoms with van der Waals surface area (Å²) < 4.78 is 8.43. The first-order chi connectivity index (χ1) is 9.25. The number of halogens is 2. The van der Waals surface area contributed by atoms with Gasteiger partial charge in [0.15, 0.2) is 11.5 Å². The molecular formula is C13H9BrClN3O. The molecule has 4 nitrogen and oxygen atoms in total. The highest BCUT2D eigenvalue weighted by Crippen LogP contribution is 2.24. The fourth-order valence-corrected chi connectivity index (χ4v) is 2.35. The SMILES string of the molecule is Clc1ccccc1OCc1nnc2c(Br)cccn12. The summed E-state index contributed by atoms with van der Waals surface area (Å²) in [6.45, 7) is 0.307. The van der Waals surface area contributed by atoms with Crippen molar-refractivity contribution in [2.24, 2.45) is 0 Å². The van der Waals surface area contributed by atoms with E-state index in [1.165, 1.54) is 0 Å². The first-order valence-corrected chi connectivity index (χ1v) is 6.78. The van der Waals surface area contributed by atoms with Crippen LogP contribution in [0.3, 0.4) is 0 Å². The van der Waals surface area contributed by atoms with E-state index >= 15 is 0 Å². The lowest BCUT2D eigenvalue weighted by Gasteiger charge is -2.06. The number of ether oxygens (including phenoxy) is 1. The van der Waals surface area contributed by atoms with Crippen LogP contribution in [0.15, 0.2) is 47.1 Å². The minimum absolute atomic E-state index is 0.307. The van der Waals surface area contributed by atoms with Crippen molar-refractivity contribution in [3.05, 3.63) is 57.9 Å². The van der Waals surface area contributed by atoms with Gasteiger partial charge in [-0.2, -0.15) is 0 Å². The Hall–Kier alpha value is -1.59. The van der Waals surface area contributed by atoms with Gasteiger partial charge in [0.25, 0.3) is 0 Å². The summed E-state index contributed by atoms with van der Waals surface area (Å²) in [5.74, 6) is 1.35. The van der Waals surface area contributed by atoms with Gasteiger partial charge in [0.05, 0.1) is 9.50 Å². The topological polar surface area (TPSA) is 39.4 Å². The van der Waals surface area contributed by atoms with E-state index < -0.39 is 0 Å². The third-order valence-electron chi connectivity index (χ3n) is 2.65. The zero-order valence-corrected chi connectivity index (χ0v) is 12.1. The second kappa shape index (κ2) is 5.19. The summed E-state index contributed by atoms with van der Waals surface area (Å²) in [5, 5.41) is 8.80. The van der Waals surface area contributed by atoms with E-state index in [1.807, 2.05) is 40.9 Å². The maximum absolute atomic E-state index is 6.03. The lowest BCUT2D eigenvalue weighted by atomic mass is 10.3. The van der Waals surface area contributed by atoms with Crippen LogP contribution >= 0.6 is 27.5 Å². The van der Waals surface area contributed by atoms with E-state index in [2.05, 4.69) is 26.1 Å². The van der Waals surface area contributed by atoms with Gasteiger partial charge in [0.1, 0.15) is 12.4 Å². The molecule has 0 bridgehead atoms. The van der Waals surface area contributed by atoms with E-state index in [0.29, 0.717) is 17.4 Å². The fraction of sp³-hybridized carbons (Fsp3) is 0.0769. The van der Waals surface area contributed by atoms with Gasteiger partial charge in [0, 0.05) is 6.20 Å². The summed E-state index contributed by atoms with van der Waals surface area (Å²) in [6.07, 6.45) is 1.89. The first-order valence-electron chi connectivity index (χ1n) is 5.61. The molecule has 0 aliphatic heterocycles. The van der Waals surface area contributed by atoms with Crippen LogP contribution in [0.2, 0.25) is 5.02 Å². The molecule has 1 aromatic carbocycles. The number of fused-ring (bicyclic) bond motifs is 1. The number of benzene rings is 1. The molecule has 0 aliphatic carbocycles. The Bertz CT molecular complexity index is 729. The number of para-hydroxylation sites is 1. The van der Waals surface area contributed by atoms with Gasteiger partial charge in [-0.1, -0.05) is 23.7 Å². The van der Waals surface area contributed by atoms with Gasteiger partial charge in [-0.25, -0.2) is 0 Å². The minimum atomic E-state index is 0.307.